The number of primary amides is 3. The Morgan fingerprint density at radius 2 is 1.27 bits per heavy atom. The third-order valence-corrected chi connectivity index (χ3v) is 14.1. The van der Waals surface area contributed by atoms with Crippen LogP contribution in [0, 0.1) is 0 Å². The molecule has 73 heavy (non-hydrogen) atoms. The molecule has 27 heteroatoms. The Kier molecular flexibility index (Phi) is 23.7. The van der Waals surface area contributed by atoms with Crippen LogP contribution in [0.5, 0.6) is 5.75 Å². The number of likely N-dealkylation sites (tertiary alicyclic amines) is 1. The summed E-state index contributed by atoms with van der Waals surface area (Å²) in [5.74, 6) is -10.0. The normalized spacial score (nSPS) is 23.0. The van der Waals surface area contributed by atoms with Crippen molar-refractivity contribution in [2.45, 2.75) is 113 Å². The Morgan fingerprint density at radius 1 is 0.699 bits per heavy atom. The van der Waals surface area contributed by atoms with Crippen molar-refractivity contribution in [1.29, 1.82) is 0 Å². The van der Waals surface area contributed by atoms with Gasteiger partial charge >= 0.3 is 0 Å². The van der Waals surface area contributed by atoms with Crippen LogP contribution in [0.1, 0.15) is 62.5 Å². The van der Waals surface area contributed by atoms with E-state index in [1.54, 1.807) is 30.3 Å². The third kappa shape index (κ3) is 19.5. The van der Waals surface area contributed by atoms with Crippen LogP contribution in [0.15, 0.2) is 54.6 Å². The summed E-state index contributed by atoms with van der Waals surface area (Å²) in [6.07, 6.45) is -0.386. The zero-order valence-corrected chi connectivity index (χ0v) is 41.6. The van der Waals surface area contributed by atoms with E-state index in [-0.39, 0.29) is 49.5 Å². The van der Waals surface area contributed by atoms with E-state index in [0.717, 1.165) is 21.6 Å². The second kappa shape index (κ2) is 29.5. The fourth-order valence-corrected chi connectivity index (χ4v) is 10.1. The molecule has 0 radical (unpaired) electrons. The summed E-state index contributed by atoms with van der Waals surface area (Å²) >= 11 is 0. The zero-order chi connectivity index (χ0) is 53.6. The molecular weight excluding hydrogens is 991 g/mol. The predicted molar refractivity (Wildman–Crippen MR) is 269 cm³/mol. The van der Waals surface area contributed by atoms with Crippen LogP contribution in [0.3, 0.4) is 0 Å². The van der Waals surface area contributed by atoms with Gasteiger partial charge in [-0.05, 0) is 68.3 Å². The summed E-state index contributed by atoms with van der Waals surface area (Å²) in [6, 6.07) is 3.09. The smallest absolute Gasteiger partial charge is 0.246 e. The average Bonchev–Trinajstić information content (AvgIpc) is 3.85. The van der Waals surface area contributed by atoms with E-state index in [2.05, 4.69) is 37.2 Å². The predicted octanol–water partition coefficient (Wildman–Crippen LogP) is -4.33. The minimum atomic E-state index is -1.78. The van der Waals surface area contributed by atoms with Crippen molar-refractivity contribution in [3.63, 3.8) is 0 Å². The molecule has 2 aromatic rings. The molecule has 2 heterocycles. The van der Waals surface area contributed by atoms with Crippen LogP contribution in [0.4, 0.5) is 0 Å². The second-order valence-electron chi connectivity index (χ2n) is 17.4. The molecule has 2 aromatic carbocycles. The quantitative estimate of drug-likeness (QED) is 0.0467. The largest absolute Gasteiger partial charge is 0.508 e. The van der Waals surface area contributed by atoms with Gasteiger partial charge in [0.25, 0.3) is 0 Å². The number of phenolic OH excluding ortho intramolecular Hbond substituents is 1. The van der Waals surface area contributed by atoms with Crippen LogP contribution >= 0.6 is 21.6 Å². The van der Waals surface area contributed by atoms with Gasteiger partial charge in [0.1, 0.15) is 48.0 Å². The number of aromatic hydroxyl groups is 1. The summed E-state index contributed by atoms with van der Waals surface area (Å²) in [6.45, 7) is -0.147. The standard InChI is InChI=1S/C46H65N13O12S2/c47-17-5-4-9-29(40(65)52-22-38(51)63)54-45(70)35-10-6-18-59(35)46(71)34-24-73-72-23-28(48)39(64)55-31(20-26-11-13-27(60)14-12-26)43(68)56-32(19-25-7-2-1-3-8-25)42(67)53-30(15-16-36(49)61)41(66)57-33(21-37(50)62)44(69)58-34/h1-3,7-8,11-14,28-35,60H,4-6,9-10,15-24,47-48H2,(H2,49,61)(H2,50,62)(H2,51,63)(H,52,65)(H,53,67)(H,54,70)(H,55,64)(H,56,68)(H,57,66)(H,58,69)/t28-,29-,30+,31+,32-,33+,34-,35-/m1/s1. The van der Waals surface area contributed by atoms with E-state index < -0.39 is 139 Å². The van der Waals surface area contributed by atoms with E-state index >= 15 is 0 Å². The number of benzene rings is 2. The van der Waals surface area contributed by atoms with Crippen LogP contribution < -0.4 is 65.9 Å². The fourth-order valence-electron chi connectivity index (χ4n) is 7.79. The molecule has 2 aliphatic rings. The molecule has 8 atom stereocenters. The molecular formula is C46H65N13O12S2. The van der Waals surface area contributed by atoms with Crippen LogP contribution in [-0.2, 0) is 65.6 Å². The maximum absolute atomic E-state index is 14.6. The Labute approximate surface area is 428 Å². The van der Waals surface area contributed by atoms with Crippen molar-refractivity contribution < 1.29 is 57.8 Å². The molecule has 11 amide bonds. The Morgan fingerprint density at radius 3 is 1.89 bits per heavy atom. The molecule has 0 aliphatic carbocycles. The highest BCUT2D eigenvalue weighted by atomic mass is 33.1. The van der Waals surface area contributed by atoms with Crippen LogP contribution in [0.25, 0.3) is 0 Å². The first kappa shape index (κ1) is 58.6. The minimum Gasteiger partial charge on any atom is -0.508 e. The van der Waals surface area contributed by atoms with Crippen LogP contribution in [0.2, 0.25) is 0 Å². The molecule has 398 valence electrons. The lowest BCUT2D eigenvalue weighted by atomic mass is 10.0. The van der Waals surface area contributed by atoms with Gasteiger partial charge in [-0.25, -0.2) is 0 Å². The maximum atomic E-state index is 14.6. The van der Waals surface area contributed by atoms with Crippen molar-refractivity contribution in [2.75, 3.05) is 31.1 Å². The van der Waals surface area contributed by atoms with Crippen molar-refractivity contribution in [1.82, 2.24) is 42.1 Å². The van der Waals surface area contributed by atoms with Crippen molar-refractivity contribution in [3.05, 3.63) is 65.7 Å². The number of unbranched alkanes of at least 4 members (excludes halogenated alkanes) is 1. The average molecular weight is 1060 g/mol. The van der Waals surface area contributed by atoms with E-state index in [9.17, 15) is 57.8 Å². The third-order valence-electron chi connectivity index (χ3n) is 11.6. The number of nitrogens with two attached hydrogens (primary N) is 5. The highest BCUT2D eigenvalue weighted by molar-refractivity contribution is 8.76. The summed E-state index contributed by atoms with van der Waals surface area (Å²) in [5.41, 5.74) is 29.2. The van der Waals surface area contributed by atoms with Crippen LogP contribution in [-0.4, -0.2) is 154 Å². The molecule has 2 saturated heterocycles. The molecule has 2 fully saturated rings. The number of nitrogens with zero attached hydrogens (tertiary/aromatic N) is 1. The molecule has 0 saturated carbocycles. The zero-order valence-electron chi connectivity index (χ0n) is 40.0. The van der Waals surface area contributed by atoms with Crippen molar-refractivity contribution >= 4 is 86.6 Å². The first-order valence-electron chi connectivity index (χ1n) is 23.5. The molecule has 4 rings (SSSR count). The molecule has 0 aromatic heterocycles. The monoisotopic (exact) mass is 1060 g/mol. The SMILES string of the molecule is NCCCC[C@@H](NC(=O)[C@H]1CCCN1C(=O)[C@H]1CSSC[C@@H](N)C(=O)N[C@@H](Cc2ccc(O)cc2)C(=O)N[C@H](Cc2ccccc2)C(=O)N[C@@H](CCC(N)=O)C(=O)N[C@@H](CC(N)=O)C(=O)N1)C(=O)NCC(N)=O. The Bertz CT molecular complexity index is 2300. The number of carbonyl (C=O) groups excluding carboxylic acids is 11. The van der Waals surface area contributed by atoms with Crippen molar-refractivity contribution in [3.8, 4) is 5.75 Å². The lowest BCUT2D eigenvalue weighted by Gasteiger charge is -2.31. The topological polar surface area (TPSA) is 426 Å². The van der Waals surface area contributed by atoms with Crippen molar-refractivity contribution in [2.24, 2.45) is 28.7 Å². The lowest BCUT2D eigenvalue weighted by molar-refractivity contribution is -0.142. The number of nitrogens with one attached hydrogen (secondary N) is 7. The van der Waals surface area contributed by atoms with Gasteiger partial charge in [-0.1, -0.05) is 64.1 Å². The number of hydrogen-bond acceptors (Lipinski definition) is 16. The first-order valence-corrected chi connectivity index (χ1v) is 26.0. The van der Waals surface area contributed by atoms with Gasteiger partial charge in [-0.15, -0.1) is 0 Å². The molecule has 0 spiro atoms. The van der Waals surface area contributed by atoms with E-state index in [0.29, 0.717) is 36.9 Å². The first-order chi connectivity index (χ1) is 34.8. The Balaban J connectivity index is 1.71. The molecule has 18 N–H and O–H groups in total. The highest BCUT2D eigenvalue weighted by Crippen LogP contribution is 2.26. The number of carbonyl (C=O) groups is 11. The second-order valence-corrected chi connectivity index (χ2v) is 20.0. The van der Waals surface area contributed by atoms with Gasteiger partial charge in [0, 0.05) is 37.3 Å². The lowest BCUT2D eigenvalue weighted by Crippen LogP contribution is -2.61. The van der Waals surface area contributed by atoms with Gasteiger partial charge in [0.05, 0.1) is 19.0 Å². The number of rotatable bonds is 19. The summed E-state index contributed by atoms with van der Waals surface area (Å²) in [7, 11) is 2.02. The van der Waals surface area contributed by atoms with E-state index in [1.165, 1.54) is 29.2 Å². The molecule has 25 nitrogen and oxygen atoms in total. The van der Waals surface area contributed by atoms with E-state index in [1.807, 2.05) is 0 Å². The minimum absolute atomic E-state index is 0.0324. The molecule has 0 unspecified atom stereocenters. The van der Waals surface area contributed by atoms with Gasteiger partial charge in [0.2, 0.25) is 65.0 Å². The van der Waals surface area contributed by atoms with Gasteiger partial charge in [0.15, 0.2) is 0 Å². The highest BCUT2D eigenvalue weighted by Gasteiger charge is 2.40. The number of amides is 11. The summed E-state index contributed by atoms with van der Waals surface area (Å²) in [5, 5.41) is 27.7. The van der Waals surface area contributed by atoms with Gasteiger partial charge < -0.3 is 75.9 Å². The molecule has 2 aliphatic heterocycles. The fraction of sp³-hybridized carbons (Fsp3) is 0.500. The van der Waals surface area contributed by atoms with Gasteiger partial charge in [-0.2, -0.15) is 0 Å². The maximum Gasteiger partial charge on any atom is 0.246 e. The van der Waals surface area contributed by atoms with Gasteiger partial charge in [-0.3, -0.25) is 52.7 Å². The molecule has 0 bridgehead atoms. The summed E-state index contributed by atoms with van der Waals surface area (Å²) < 4.78 is 0. The Hall–Kier alpha value is -6.97. The summed E-state index contributed by atoms with van der Waals surface area (Å²) in [4.78, 5) is 149. The number of phenols is 1. The van der Waals surface area contributed by atoms with E-state index in [4.69, 9.17) is 28.7 Å². The number of hydrogen-bond donors (Lipinski definition) is 13.